The first-order valence-electron chi connectivity index (χ1n) is 7.59. The molecular weight excluding hydrogens is 409 g/mol. The molecule has 0 unspecified atom stereocenters. The maximum atomic E-state index is 12.8. The minimum Gasteiger partial charge on any atom is -0.352 e. The first-order chi connectivity index (χ1) is 12.5. The molecule has 2 aromatic rings. The van der Waals surface area contributed by atoms with E-state index < -0.39 is 37.6 Å². The van der Waals surface area contributed by atoms with E-state index in [2.05, 4.69) is 15.1 Å². The van der Waals surface area contributed by atoms with Crippen molar-refractivity contribution in [2.24, 2.45) is 7.05 Å². The van der Waals surface area contributed by atoms with Crippen molar-refractivity contribution in [1.29, 1.82) is 0 Å². The van der Waals surface area contributed by atoms with Crippen molar-refractivity contribution >= 4 is 27.5 Å². The summed E-state index contributed by atoms with van der Waals surface area (Å²) in [6, 6.07) is 2.27. The molecule has 0 aliphatic rings. The Morgan fingerprint density at radius 1 is 1.33 bits per heavy atom. The van der Waals surface area contributed by atoms with Crippen molar-refractivity contribution in [3.8, 4) is 0 Å². The Hall–Kier alpha value is -2.11. The highest BCUT2D eigenvalue weighted by Gasteiger charge is 2.34. The fraction of sp³-hybridized carbons (Fsp3) is 0.333. The summed E-state index contributed by atoms with van der Waals surface area (Å²) >= 11 is 5.47. The van der Waals surface area contributed by atoms with Gasteiger partial charge < -0.3 is 5.32 Å². The van der Waals surface area contributed by atoms with E-state index in [9.17, 15) is 26.4 Å². The zero-order valence-electron chi connectivity index (χ0n) is 14.0. The van der Waals surface area contributed by atoms with Gasteiger partial charge in [-0.05, 0) is 18.2 Å². The van der Waals surface area contributed by atoms with E-state index in [0.717, 1.165) is 17.7 Å². The molecule has 2 rings (SSSR count). The molecule has 27 heavy (non-hydrogen) atoms. The fourth-order valence-corrected chi connectivity index (χ4v) is 3.41. The van der Waals surface area contributed by atoms with Crippen LogP contribution in [0.2, 0.25) is 5.02 Å². The molecule has 0 aliphatic carbocycles. The van der Waals surface area contributed by atoms with E-state index in [1.54, 1.807) is 24.1 Å². The van der Waals surface area contributed by atoms with E-state index >= 15 is 0 Å². The summed E-state index contributed by atoms with van der Waals surface area (Å²) in [5.74, 6) is -0.423. The van der Waals surface area contributed by atoms with Crippen LogP contribution in [0.15, 0.2) is 35.5 Å². The molecule has 0 spiro atoms. The Morgan fingerprint density at radius 2 is 2.04 bits per heavy atom. The molecular formula is C15H16ClF3N4O3S. The number of sulfonamides is 1. The van der Waals surface area contributed by atoms with E-state index in [-0.39, 0.29) is 19.5 Å². The molecule has 0 saturated carbocycles. The number of rotatable bonds is 7. The minimum absolute atomic E-state index is 0.181. The molecule has 0 atom stereocenters. The lowest BCUT2D eigenvalue weighted by molar-refractivity contribution is -0.137. The van der Waals surface area contributed by atoms with Crippen molar-refractivity contribution in [2.75, 3.05) is 6.54 Å². The predicted octanol–water partition coefficient (Wildman–Crippen LogP) is 2.08. The van der Waals surface area contributed by atoms with E-state index in [1.165, 1.54) is 0 Å². The normalized spacial score (nSPS) is 12.2. The highest BCUT2D eigenvalue weighted by atomic mass is 35.5. The Bertz CT molecular complexity index is 929. The van der Waals surface area contributed by atoms with Gasteiger partial charge in [-0.25, -0.2) is 13.1 Å². The lowest BCUT2D eigenvalue weighted by Gasteiger charge is -2.12. The van der Waals surface area contributed by atoms with Crippen LogP contribution in [-0.4, -0.2) is 30.7 Å². The first kappa shape index (κ1) is 21.2. The molecule has 1 amide bonds. The number of nitrogens with zero attached hydrogens (tertiary/aromatic N) is 2. The third-order valence-electron chi connectivity index (χ3n) is 3.45. The van der Waals surface area contributed by atoms with E-state index in [1.807, 2.05) is 0 Å². The largest absolute Gasteiger partial charge is 0.417 e. The van der Waals surface area contributed by atoms with Gasteiger partial charge in [0.1, 0.15) is 0 Å². The summed E-state index contributed by atoms with van der Waals surface area (Å²) < 4.78 is 66.4. The summed E-state index contributed by atoms with van der Waals surface area (Å²) in [6.45, 7) is -0.0449. The maximum Gasteiger partial charge on any atom is 0.417 e. The molecule has 12 heteroatoms. The average molecular weight is 425 g/mol. The van der Waals surface area contributed by atoms with Crippen molar-refractivity contribution in [3.63, 3.8) is 0 Å². The van der Waals surface area contributed by atoms with Crippen LogP contribution in [0.5, 0.6) is 0 Å². The predicted molar refractivity (Wildman–Crippen MR) is 91.3 cm³/mol. The Balaban J connectivity index is 1.92. The smallest absolute Gasteiger partial charge is 0.352 e. The van der Waals surface area contributed by atoms with E-state index in [4.69, 9.17) is 11.6 Å². The number of aromatic nitrogens is 2. The lowest BCUT2D eigenvalue weighted by atomic mass is 10.2. The topological polar surface area (TPSA) is 93.1 Å². The second-order valence-electron chi connectivity index (χ2n) is 5.59. The molecule has 7 nitrogen and oxygen atoms in total. The van der Waals surface area contributed by atoms with Crippen LogP contribution in [0, 0.1) is 0 Å². The van der Waals surface area contributed by atoms with Crippen LogP contribution in [0.1, 0.15) is 17.5 Å². The summed E-state index contributed by atoms with van der Waals surface area (Å²) in [4.78, 5) is 11.1. The monoisotopic (exact) mass is 424 g/mol. The number of benzene rings is 1. The average Bonchev–Trinajstić information content (AvgIpc) is 2.97. The van der Waals surface area contributed by atoms with Gasteiger partial charge in [0, 0.05) is 38.3 Å². The quantitative estimate of drug-likeness (QED) is 0.711. The van der Waals surface area contributed by atoms with Crippen molar-refractivity contribution in [3.05, 3.63) is 46.7 Å². The van der Waals surface area contributed by atoms with Crippen LogP contribution in [0.4, 0.5) is 13.2 Å². The van der Waals surface area contributed by atoms with E-state index in [0.29, 0.717) is 6.07 Å². The highest BCUT2D eigenvalue weighted by molar-refractivity contribution is 7.89. The van der Waals surface area contributed by atoms with Crippen molar-refractivity contribution in [2.45, 2.75) is 24.0 Å². The second kappa shape index (κ2) is 8.28. The Labute approximate surface area is 158 Å². The number of hydrogen-bond acceptors (Lipinski definition) is 4. The number of alkyl halides is 3. The van der Waals surface area contributed by atoms with Gasteiger partial charge in [0.15, 0.2) is 0 Å². The zero-order valence-corrected chi connectivity index (χ0v) is 15.6. The molecule has 1 aromatic carbocycles. The number of amides is 1. The van der Waals surface area contributed by atoms with Crippen molar-refractivity contribution < 1.29 is 26.4 Å². The highest BCUT2D eigenvalue weighted by Crippen LogP contribution is 2.35. The number of aryl methyl sites for hydroxylation is 1. The van der Waals surface area contributed by atoms with Gasteiger partial charge in [-0.2, -0.15) is 18.3 Å². The van der Waals surface area contributed by atoms with Gasteiger partial charge in [0.2, 0.25) is 15.9 Å². The number of carbonyl (C=O) groups excluding carboxylic acids is 1. The second-order valence-corrected chi connectivity index (χ2v) is 7.76. The fourth-order valence-electron chi connectivity index (χ4n) is 2.12. The van der Waals surface area contributed by atoms with Gasteiger partial charge in [0.05, 0.1) is 21.7 Å². The Morgan fingerprint density at radius 3 is 2.63 bits per heavy atom. The van der Waals surface area contributed by atoms with Crippen LogP contribution >= 0.6 is 11.6 Å². The van der Waals surface area contributed by atoms with Gasteiger partial charge in [0.25, 0.3) is 0 Å². The summed E-state index contributed by atoms with van der Waals surface area (Å²) in [5.41, 5.74) is -0.478. The SMILES string of the molecule is Cn1cc(CNC(=O)CCNS(=O)(=O)c2ccc(Cl)c(C(F)(F)F)c2)cn1. The van der Waals surface area contributed by atoms with Gasteiger partial charge >= 0.3 is 6.18 Å². The molecule has 0 fully saturated rings. The van der Waals surface area contributed by atoms with Crippen LogP contribution in [-0.2, 0) is 34.6 Å². The third kappa shape index (κ3) is 5.94. The molecule has 0 saturated heterocycles. The van der Waals surface area contributed by atoms with Crippen LogP contribution in [0.3, 0.4) is 0 Å². The molecule has 2 N–H and O–H groups in total. The number of hydrogen-bond donors (Lipinski definition) is 2. The molecule has 0 bridgehead atoms. The molecule has 1 aromatic heterocycles. The maximum absolute atomic E-state index is 12.8. The van der Waals surface area contributed by atoms with Crippen LogP contribution < -0.4 is 10.0 Å². The summed E-state index contributed by atoms with van der Waals surface area (Å²) in [6.07, 6.45) is -1.68. The van der Waals surface area contributed by atoms with Gasteiger partial charge in [-0.15, -0.1) is 0 Å². The molecule has 1 heterocycles. The molecule has 0 radical (unpaired) electrons. The zero-order chi connectivity index (χ0) is 20.2. The number of nitrogens with one attached hydrogen (secondary N) is 2. The van der Waals surface area contributed by atoms with Crippen molar-refractivity contribution in [1.82, 2.24) is 19.8 Å². The summed E-state index contributed by atoms with van der Waals surface area (Å²) in [5, 5.41) is 5.92. The van der Waals surface area contributed by atoms with Crippen LogP contribution in [0.25, 0.3) is 0 Å². The molecule has 148 valence electrons. The first-order valence-corrected chi connectivity index (χ1v) is 9.46. The minimum atomic E-state index is -4.78. The van der Waals surface area contributed by atoms with Gasteiger partial charge in [-0.3, -0.25) is 9.48 Å². The third-order valence-corrected chi connectivity index (χ3v) is 5.23. The number of carbonyl (C=O) groups is 1. The Kier molecular flexibility index (Phi) is 6.50. The summed E-state index contributed by atoms with van der Waals surface area (Å²) in [7, 11) is -2.50. The van der Waals surface area contributed by atoms with Gasteiger partial charge in [-0.1, -0.05) is 11.6 Å². The molecule has 0 aliphatic heterocycles. The number of halogens is 4. The standard InChI is InChI=1S/C15H16ClF3N4O3S/c1-23-9-10(8-21-23)7-20-14(24)4-5-22-27(25,26)11-2-3-13(16)12(6-11)15(17,18)19/h2-3,6,8-9,22H,4-5,7H2,1H3,(H,20,24). The lowest BCUT2D eigenvalue weighted by Crippen LogP contribution is -2.30.